The molecule has 0 radical (unpaired) electrons. The van der Waals surface area contributed by atoms with Crippen LogP contribution in [0.5, 0.6) is 0 Å². The summed E-state index contributed by atoms with van der Waals surface area (Å²) in [5.41, 5.74) is 0.546. The van der Waals surface area contributed by atoms with Crippen molar-refractivity contribution in [2.45, 2.75) is 0 Å². The van der Waals surface area contributed by atoms with Crippen molar-refractivity contribution < 1.29 is 9.18 Å². The van der Waals surface area contributed by atoms with Crippen LogP contribution in [0.25, 0.3) is 0 Å². The van der Waals surface area contributed by atoms with Crippen molar-refractivity contribution in [3.63, 3.8) is 0 Å². The number of halogens is 1. The molecule has 2 aromatic rings. The topological polar surface area (TPSA) is 42.9 Å². The summed E-state index contributed by atoms with van der Waals surface area (Å²) in [5, 5.41) is 0. The minimum Gasteiger partial charge on any atom is -0.287 e. The average Bonchev–Trinajstić information content (AvgIpc) is 2.29. The lowest BCUT2D eigenvalue weighted by Crippen LogP contribution is -2.04. The molecule has 2 rings (SSSR count). The predicted octanol–water partition coefficient (Wildman–Crippen LogP) is 1.85. The maximum atomic E-state index is 12.9. The summed E-state index contributed by atoms with van der Waals surface area (Å²) >= 11 is 0. The van der Waals surface area contributed by atoms with Crippen LogP contribution in [0.15, 0.2) is 42.9 Å². The van der Waals surface area contributed by atoms with Crippen molar-refractivity contribution in [1.29, 1.82) is 0 Å². The molecule has 1 heterocycles. The molecule has 15 heavy (non-hydrogen) atoms. The Labute approximate surface area is 85.6 Å². The van der Waals surface area contributed by atoms with E-state index in [2.05, 4.69) is 9.97 Å². The standard InChI is InChI=1S/C11H7FN2O/c12-9-3-1-2-8(6-9)11(15)10-4-5-13-7-14-10/h1-7H. The lowest BCUT2D eigenvalue weighted by atomic mass is 10.1. The molecule has 3 nitrogen and oxygen atoms in total. The van der Waals surface area contributed by atoms with Crippen LogP contribution < -0.4 is 0 Å². The summed E-state index contributed by atoms with van der Waals surface area (Å²) in [6.45, 7) is 0. The van der Waals surface area contributed by atoms with E-state index in [1.165, 1.54) is 36.8 Å². The van der Waals surface area contributed by atoms with E-state index in [1.54, 1.807) is 6.07 Å². The van der Waals surface area contributed by atoms with Crippen LogP contribution in [-0.2, 0) is 0 Å². The molecule has 0 N–H and O–H groups in total. The highest BCUT2D eigenvalue weighted by Gasteiger charge is 2.10. The number of carbonyl (C=O) groups is 1. The highest BCUT2D eigenvalue weighted by Crippen LogP contribution is 2.08. The number of nitrogens with zero attached hydrogens (tertiary/aromatic N) is 2. The van der Waals surface area contributed by atoms with Crippen molar-refractivity contribution in [2.24, 2.45) is 0 Å². The summed E-state index contributed by atoms with van der Waals surface area (Å²) < 4.78 is 12.9. The number of hydrogen-bond donors (Lipinski definition) is 0. The zero-order chi connectivity index (χ0) is 10.7. The second-order valence-electron chi connectivity index (χ2n) is 2.93. The fraction of sp³-hybridized carbons (Fsp3) is 0. The minimum absolute atomic E-state index is 0.260. The van der Waals surface area contributed by atoms with E-state index in [0.29, 0.717) is 0 Å². The van der Waals surface area contributed by atoms with Crippen molar-refractivity contribution >= 4 is 5.78 Å². The van der Waals surface area contributed by atoms with Gasteiger partial charge in [-0.25, -0.2) is 14.4 Å². The predicted molar refractivity (Wildman–Crippen MR) is 51.9 cm³/mol. The van der Waals surface area contributed by atoms with Gasteiger partial charge in [0.1, 0.15) is 17.8 Å². The Balaban J connectivity index is 2.37. The van der Waals surface area contributed by atoms with E-state index in [-0.39, 0.29) is 17.0 Å². The Morgan fingerprint density at radius 1 is 1.27 bits per heavy atom. The SMILES string of the molecule is O=C(c1cccc(F)c1)c1ccncn1. The van der Waals surface area contributed by atoms with Crippen LogP contribution in [0.4, 0.5) is 4.39 Å². The first-order valence-electron chi connectivity index (χ1n) is 4.33. The summed E-state index contributed by atoms with van der Waals surface area (Å²) in [6, 6.07) is 7.01. The number of hydrogen-bond acceptors (Lipinski definition) is 3. The number of aromatic nitrogens is 2. The summed E-state index contributed by atoms with van der Waals surface area (Å²) in [5.74, 6) is -0.744. The van der Waals surface area contributed by atoms with Gasteiger partial charge < -0.3 is 0 Å². The third-order valence-corrected chi connectivity index (χ3v) is 1.90. The molecule has 0 aliphatic heterocycles. The van der Waals surface area contributed by atoms with Crippen LogP contribution in [0.2, 0.25) is 0 Å². The third kappa shape index (κ3) is 2.04. The maximum Gasteiger partial charge on any atom is 0.211 e. The first-order valence-corrected chi connectivity index (χ1v) is 4.33. The highest BCUT2D eigenvalue weighted by atomic mass is 19.1. The minimum atomic E-state index is -0.435. The molecule has 1 aromatic carbocycles. The Morgan fingerprint density at radius 3 is 2.80 bits per heavy atom. The first kappa shape index (κ1) is 9.45. The average molecular weight is 202 g/mol. The van der Waals surface area contributed by atoms with Gasteiger partial charge in [0, 0.05) is 11.8 Å². The molecule has 0 unspecified atom stereocenters. The molecule has 4 heteroatoms. The lowest BCUT2D eigenvalue weighted by Gasteiger charge is -1.99. The van der Waals surface area contributed by atoms with Gasteiger partial charge in [0.2, 0.25) is 5.78 Å². The third-order valence-electron chi connectivity index (χ3n) is 1.90. The summed E-state index contributed by atoms with van der Waals surface area (Å²) in [4.78, 5) is 19.2. The number of benzene rings is 1. The van der Waals surface area contributed by atoms with Crippen molar-refractivity contribution in [1.82, 2.24) is 9.97 Å². The Morgan fingerprint density at radius 2 is 2.13 bits per heavy atom. The van der Waals surface area contributed by atoms with Crippen molar-refractivity contribution in [3.8, 4) is 0 Å². The van der Waals surface area contributed by atoms with E-state index >= 15 is 0 Å². The molecule has 74 valence electrons. The van der Waals surface area contributed by atoms with E-state index in [0.717, 1.165) is 0 Å². The van der Waals surface area contributed by atoms with Gasteiger partial charge in [-0.05, 0) is 18.2 Å². The second-order valence-corrected chi connectivity index (χ2v) is 2.93. The first-order chi connectivity index (χ1) is 7.27. The molecular weight excluding hydrogens is 195 g/mol. The Kier molecular flexibility index (Phi) is 2.49. The number of carbonyl (C=O) groups excluding carboxylic acids is 1. The number of ketones is 1. The van der Waals surface area contributed by atoms with Crippen molar-refractivity contribution in [3.05, 3.63) is 59.9 Å². The fourth-order valence-corrected chi connectivity index (χ4v) is 1.20. The van der Waals surface area contributed by atoms with Crippen molar-refractivity contribution in [2.75, 3.05) is 0 Å². The molecule has 0 aliphatic rings. The molecule has 1 aromatic heterocycles. The van der Waals surface area contributed by atoms with Gasteiger partial charge in [-0.3, -0.25) is 4.79 Å². The quantitative estimate of drug-likeness (QED) is 0.698. The zero-order valence-corrected chi connectivity index (χ0v) is 7.72. The van der Waals surface area contributed by atoms with Gasteiger partial charge in [-0.15, -0.1) is 0 Å². The van der Waals surface area contributed by atoms with Gasteiger partial charge in [0.05, 0.1) is 0 Å². The fourth-order valence-electron chi connectivity index (χ4n) is 1.20. The number of rotatable bonds is 2. The monoisotopic (exact) mass is 202 g/mol. The summed E-state index contributed by atoms with van der Waals surface area (Å²) in [6.07, 6.45) is 2.76. The summed E-state index contributed by atoms with van der Waals surface area (Å²) in [7, 11) is 0. The molecule has 0 saturated heterocycles. The lowest BCUT2D eigenvalue weighted by molar-refractivity contribution is 0.103. The van der Waals surface area contributed by atoms with Gasteiger partial charge >= 0.3 is 0 Å². The van der Waals surface area contributed by atoms with Gasteiger partial charge in [-0.2, -0.15) is 0 Å². The molecule has 0 amide bonds. The van der Waals surface area contributed by atoms with Crippen LogP contribution in [0.3, 0.4) is 0 Å². The van der Waals surface area contributed by atoms with Gasteiger partial charge in [0.25, 0.3) is 0 Å². The Bertz CT molecular complexity index is 485. The van der Waals surface area contributed by atoms with Crippen LogP contribution in [0, 0.1) is 5.82 Å². The van der Waals surface area contributed by atoms with Crippen LogP contribution in [-0.4, -0.2) is 15.8 Å². The van der Waals surface area contributed by atoms with Gasteiger partial charge in [-0.1, -0.05) is 12.1 Å². The highest BCUT2D eigenvalue weighted by molar-refractivity contribution is 6.07. The van der Waals surface area contributed by atoms with Crippen LogP contribution >= 0.6 is 0 Å². The van der Waals surface area contributed by atoms with Crippen LogP contribution in [0.1, 0.15) is 16.1 Å². The molecule has 0 bridgehead atoms. The molecule has 0 spiro atoms. The molecular formula is C11H7FN2O. The zero-order valence-electron chi connectivity index (χ0n) is 7.72. The molecule has 0 atom stereocenters. The smallest absolute Gasteiger partial charge is 0.211 e. The van der Waals surface area contributed by atoms with E-state index in [1.807, 2.05) is 0 Å². The molecule has 0 fully saturated rings. The molecule has 0 saturated carbocycles. The largest absolute Gasteiger partial charge is 0.287 e. The van der Waals surface area contributed by atoms with E-state index < -0.39 is 5.82 Å². The normalized spacial score (nSPS) is 9.93. The van der Waals surface area contributed by atoms with E-state index in [9.17, 15) is 9.18 Å². The Hall–Kier alpha value is -2.10. The maximum absolute atomic E-state index is 12.9. The van der Waals surface area contributed by atoms with Gasteiger partial charge in [0.15, 0.2) is 0 Å². The van der Waals surface area contributed by atoms with E-state index in [4.69, 9.17) is 0 Å². The molecule has 0 aliphatic carbocycles. The second kappa shape index (κ2) is 3.96.